The lowest BCUT2D eigenvalue weighted by molar-refractivity contribution is 0.0929. The van der Waals surface area contributed by atoms with Gasteiger partial charge in [-0.25, -0.2) is 0 Å². The highest BCUT2D eigenvalue weighted by atomic mass is 79.9. The van der Waals surface area contributed by atoms with Crippen LogP contribution in [-0.4, -0.2) is 31.8 Å². The van der Waals surface area contributed by atoms with Crippen molar-refractivity contribution in [3.05, 3.63) is 29.3 Å². The van der Waals surface area contributed by atoms with E-state index in [1.807, 2.05) is 18.2 Å². The van der Waals surface area contributed by atoms with Gasteiger partial charge in [0.2, 0.25) is 0 Å². The molecule has 3 rings (SSSR count). The molecule has 20 heavy (non-hydrogen) atoms. The summed E-state index contributed by atoms with van der Waals surface area (Å²) in [6.45, 7) is 4.07. The van der Waals surface area contributed by atoms with Crippen LogP contribution in [0.2, 0.25) is 0 Å². The SMILES string of the molecule is CC1CCOC1C(Br)c1ccc2c(c1)C(=O)NCCO2. The zero-order valence-electron chi connectivity index (χ0n) is 11.4. The fourth-order valence-electron chi connectivity index (χ4n) is 2.72. The minimum Gasteiger partial charge on any atom is -0.491 e. The molecule has 0 radical (unpaired) electrons. The van der Waals surface area contributed by atoms with E-state index in [1.54, 1.807) is 0 Å². The number of benzene rings is 1. The number of carbonyl (C=O) groups is 1. The van der Waals surface area contributed by atoms with Crippen molar-refractivity contribution in [3.63, 3.8) is 0 Å². The molecule has 5 heteroatoms. The maximum Gasteiger partial charge on any atom is 0.255 e. The highest BCUT2D eigenvalue weighted by Crippen LogP contribution is 2.38. The number of hydrogen-bond donors (Lipinski definition) is 1. The number of alkyl halides is 1. The van der Waals surface area contributed by atoms with Crippen LogP contribution in [-0.2, 0) is 4.74 Å². The minimum atomic E-state index is -0.0700. The summed E-state index contributed by atoms with van der Waals surface area (Å²) in [5.74, 6) is 1.10. The molecular formula is C15H18BrNO3. The van der Waals surface area contributed by atoms with E-state index in [0.29, 0.717) is 30.4 Å². The Kier molecular flexibility index (Phi) is 3.98. The average molecular weight is 340 g/mol. The molecule has 2 aliphatic rings. The summed E-state index contributed by atoms with van der Waals surface area (Å²) in [6.07, 6.45) is 1.24. The van der Waals surface area contributed by atoms with Crippen molar-refractivity contribution >= 4 is 21.8 Å². The lowest BCUT2D eigenvalue weighted by atomic mass is 9.96. The van der Waals surface area contributed by atoms with Gasteiger partial charge in [-0.05, 0) is 30.0 Å². The maximum atomic E-state index is 12.0. The minimum absolute atomic E-state index is 0.0700. The highest BCUT2D eigenvalue weighted by Gasteiger charge is 2.32. The van der Waals surface area contributed by atoms with Crippen LogP contribution in [0.25, 0.3) is 0 Å². The quantitative estimate of drug-likeness (QED) is 0.842. The lowest BCUT2D eigenvalue weighted by Crippen LogP contribution is -2.24. The summed E-state index contributed by atoms with van der Waals surface area (Å²) < 4.78 is 11.4. The first-order valence-corrected chi connectivity index (χ1v) is 7.89. The molecule has 1 saturated heterocycles. The van der Waals surface area contributed by atoms with E-state index in [1.165, 1.54) is 0 Å². The second-order valence-corrected chi connectivity index (χ2v) is 6.35. The molecule has 0 aromatic heterocycles. The van der Waals surface area contributed by atoms with E-state index in [9.17, 15) is 4.79 Å². The third-order valence-corrected chi connectivity index (χ3v) is 4.99. The monoisotopic (exact) mass is 339 g/mol. The van der Waals surface area contributed by atoms with Gasteiger partial charge in [0.1, 0.15) is 12.4 Å². The molecule has 0 aliphatic carbocycles. The summed E-state index contributed by atoms with van der Waals surface area (Å²) in [5, 5.41) is 2.83. The van der Waals surface area contributed by atoms with Gasteiger partial charge in [-0.1, -0.05) is 28.9 Å². The van der Waals surface area contributed by atoms with Crippen molar-refractivity contribution in [1.82, 2.24) is 5.32 Å². The van der Waals surface area contributed by atoms with Crippen molar-refractivity contribution in [2.75, 3.05) is 19.8 Å². The Bertz CT molecular complexity index is 520. The van der Waals surface area contributed by atoms with E-state index in [4.69, 9.17) is 9.47 Å². The van der Waals surface area contributed by atoms with Gasteiger partial charge in [-0.2, -0.15) is 0 Å². The second kappa shape index (κ2) is 5.74. The standard InChI is InChI=1S/C15H18BrNO3/c1-9-4-6-20-14(9)13(16)10-2-3-12-11(8-10)15(18)17-5-7-19-12/h2-3,8-9,13-14H,4-7H2,1H3,(H,17,18). The zero-order chi connectivity index (χ0) is 14.1. The van der Waals surface area contributed by atoms with Gasteiger partial charge >= 0.3 is 0 Å². The topological polar surface area (TPSA) is 47.6 Å². The number of carbonyl (C=O) groups excluding carboxylic acids is 1. The summed E-state index contributed by atoms with van der Waals surface area (Å²) in [5.41, 5.74) is 1.67. The largest absolute Gasteiger partial charge is 0.491 e. The van der Waals surface area contributed by atoms with Crippen molar-refractivity contribution in [3.8, 4) is 5.75 Å². The molecule has 1 fully saturated rings. The highest BCUT2D eigenvalue weighted by molar-refractivity contribution is 9.09. The molecule has 1 N–H and O–H groups in total. The summed E-state index contributed by atoms with van der Waals surface area (Å²) in [7, 11) is 0. The summed E-state index contributed by atoms with van der Waals surface area (Å²) in [6, 6.07) is 5.79. The molecule has 1 aromatic rings. The molecule has 1 aromatic carbocycles. The van der Waals surface area contributed by atoms with Crippen molar-refractivity contribution in [2.45, 2.75) is 24.3 Å². The average Bonchev–Trinajstić information content (AvgIpc) is 2.79. The van der Waals surface area contributed by atoms with Crippen LogP contribution in [0.15, 0.2) is 18.2 Å². The number of rotatable bonds is 2. The zero-order valence-corrected chi connectivity index (χ0v) is 13.0. The summed E-state index contributed by atoms with van der Waals surface area (Å²) in [4.78, 5) is 12.1. The number of ether oxygens (including phenoxy) is 2. The fourth-order valence-corrected chi connectivity index (χ4v) is 3.68. The first-order valence-electron chi connectivity index (χ1n) is 6.97. The van der Waals surface area contributed by atoms with Crippen molar-refractivity contribution in [1.29, 1.82) is 0 Å². The molecule has 0 bridgehead atoms. The molecule has 3 atom stereocenters. The number of amides is 1. The maximum absolute atomic E-state index is 12.0. The van der Waals surface area contributed by atoms with Gasteiger partial charge in [0.05, 0.1) is 23.0 Å². The number of halogens is 1. The Balaban J connectivity index is 1.89. The van der Waals surface area contributed by atoms with Crippen LogP contribution < -0.4 is 10.1 Å². The van der Waals surface area contributed by atoms with E-state index in [2.05, 4.69) is 28.2 Å². The Labute approximate surface area is 127 Å². The van der Waals surface area contributed by atoms with Crippen LogP contribution in [0.1, 0.15) is 34.1 Å². The molecule has 0 spiro atoms. The number of hydrogen-bond acceptors (Lipinski definition) is 3. The van der Waals surface area contributed by atoms with Crippen LogP contribution in [0.5, 0.6) is 5.75 Å². The van der Waals surface area contributed by atoms with Crippen molar-refractivity contribution in [2.24, 2.45) is 5.92 Å². The van der Waals surface area contributed by atoms with Crippen LogP contribution in [0.3, 0.4) is 0 Å². The number of fused-ring (bicyclic) bond motifs is 1. The van der Waals surface area contributed by atoms with Gasteiger partial charge in [0, 0.05) is 6.61 Å². The molecule has 0 saturated carbocycles. The first kappa shape index (κ1) is 13.9. The van der Waals surface area contributed by atoms with Crippen LogP contribution >= 0.6 is 15.9 Å². The van der Waals surface area contributed by atoms with E-state index < -0.39 is 0 Å². The van der Waals surface area contributed by atoms with Gasteiger partial charge < -0.3 is 14.8 Å². The molecule has 1 amide bonds. The molecule has 108 valence electrons. The molecule has 2 aliphatic heterocycles. The Morgan fingerprint density at radius 3 is 3.00 bits per heavy atom. The second-order valence-electron chi connectivity index (χ2n) is 5.36. The third-order valence-electron chi connectivity index (χ3n) is 3.94. The Morgan fingerprint density at radius 1 is 1.40 bits per heavy atom. The predicted molar refractivity (Wildman–Crippen MR) is 79.5 cm³/mol. The van der Waals surface area contributed by atoms with Gasteiger partial charge in [-0.15, -0.1) is 0 Å². The third kappa shape index (κ3) is 2.56. The molecule has 4 nitrogen and oxygen atoms in total. The molecule has 3 unspecified atom stereocenters. The van der Waals surface area contributed by atoms with Gasteiger partial charge in [-0.3, -0.25) is 4.79 Å². The van der Waals surface area contributed by atoms with E-state index in [-0.39, 0.29) is 16.8 Å². The summed E-state index contributed by atoms with van der Waals surface area (Å²) >= 11 is 3.72. The normalized spacial score (nSPS) is 27.2. The van der Waals surface area contributed by atoms with Crippen LogP contribution in [0.4, 0.5) is 0 Å². The van der Waals surface area contributed by atoms with E-state index >= 15 is 0 Å². The Hall–Kier alpha value is -1.07. The van der Waals surface area contributed by atoms with Gasteiger partial charge in [0.15, 0.2) is 0 Å². The number of nitrogens with one attached hydrogen (secondary N) is 1. The van der Waals surface area contributed by atoms with Gasteiger partial charge in [0.25, 0.3) is 5.91 Å². The molecule has 2 heterocycles. The van der Waals surface area contributed by atoms with Crippen LogP contribution in [0, 0.1) is 5.92 Å². The molecular weight excluding hydrogens is 322 g/mol. The Morgan fingerprint density at radius 2 is 2.25 bits per heavy atom. The smallest absolute Gasteiger partial charge is 0.255 e. The first-order chi connectivity index (χ1) is 9.66. The lowest BCUT2D eigenvalue weighted by Gasteiger charge is -2.22. The van der Waals surface area contributed by atoms with Crippen molar-refractivity contribution < 1.29 is 14.3 Å². The predicted octanol–water partition coefficient (Wildman–Crippen LogP) is 2.67. The fraction of sp³-hybridized carbons (Fsp3) is 0.533. The van der Waals surface area contributed by atoms with E-state index in [0.717, 1.165) is 18.6 Å².